The molecule has 1 aliphatic carbocycles. The smallest absolute Gasteiger partial charge is 0.182 e. The van der Waals surface area contributed by atoms with E-state index in [9.17, 15) is 9.59 Å². The molecule has 0 saturated carbocycles. The van der Waals surface area contributed by atoms with E-state index in [1.807, 2.05) is 0 Å². The van der Waals surface area contributed by atoms with Crippen molar-refractivity contribution in [1.82, 2.24) is 0 Å². The lowest BCUT2D eigenvalue weighted by atomic mass is 10.00. The van der Waals surface area contributed by atoms with Gasteiger partial charge in [-0.1, -0.05) is 0 Å². The quantitative estimate of drug-likeness (QED) is 0.471. The Balaban J connectivity index is 3.02. The maximum atomic E-state index is 11.2. The minimum atomic E-state index is -1.50. The third kappa shape index (κ3) is 1.05. The van der Waals surface area contributed by atoms with E-state index >= 15 is 0 Å². The second-order valence-electron chi connectivity index (χ2n) is 1.93. The van der Waals surface area contributed by atoms with Crippen molar-refractivity contribution in [2.24, 2.45) is 0 Å². The van der Waals surface area contributed by atoms with E-state index in [-0.39, 0.29) is 11.1 Å². The lowest BCUT2D eigenvalue weighted by molar-refractivity contribution is -0.115. The van der Waals surface area contributed by atoms with Crippen LogP contribution in [0.2, 0.25) is 0 Å². The highest BCUT2D eigenvalue weighted by Crippen LogP contribution is 2.09. The summed E-state index contributed by atoms with van der Waals surface area (Å²) in [4.78, 5) is 22.4. The summed E-state index contributed by atoms with van der Waals surface area (Å²) in [5.41, 5.74) is -0.418. The third-order valence-electron chi connectivity index (χ3n) is 1.14. The fraction of sp³-hybridized carbons (Fsp3) is 0.250. The molecule has 0 saturated heterocycles. The van der Waals surface area contributed by atoms with Crippen LogP contribution >= 0.6 is 0 Å². The first-order valence-electron chi connectivity index (χ1n) is 4.95. The first-order valence-corrected chi connectivity index (χ1v) is 2.64. The molecule has 0 unspecified atom stereocenters. The van der Waals surface area contributed by atoms with Crippen molar-refractivity contribution in [3.63, 3.8) is 0 Å². The van der Waals surface area contributed by atoms with Gasteiger partial charge in [0.05, 0.1) is 0 Å². The number of ketones is 2. The molecule has 0 aliphatic heterocycles. The molecule has 0 bridgehead atoms. The Morgan fingerprint density at radius 1 is 1.10 bits per heavy atom. The van der Waals surface area contributed by atoms with Crippen molar-refractivity contribution >= 4 is 11.6 Å². The number of rotatable bonds is 0. The number of carbonyl (C=O) groups is 2. The minimum Gasteiger partial charge on any atom is -0.290 e. The van der Waals surface area contributed by atoms with E-state index < -0.39 is 25.3 Å². The predicted octanol–water partition coefficient (Wildman–Crippen LogP) is 1.03. The molecule has 0 aromatic heterocycles. The molecule has 2 heteroatoms. The van der Waals surface area contributed by atoms with E-state index in [2.05, 4.69) is 0 Å². The Kier molecular flexibility index (Phi) is 0.726. The second kappa shape index (κ2) is 2.21. The van der Waals surface area contributed by atoms with Gasteiger partial charge < -0.3 is 0 Å². The SMILES string of the molecule is [2H]C([2H])C1=CC(=O)C(C([2H])[2H])=CC1=O. The number of carbonyl (C=O) groups excluding carboxylic acids is 2. The van der Waals surface area contributed by atoms with Crippen molar-refractivity contribution in [2.45, 2.75) is 13.8 Å². The molecule has 0 aromatic carbocycles. The van der Waals surface area contributed by atoms with E-state index in [0.717, 1.165) is 12.2 Å². The largest absolute Gasteiger partial charge is 0.290 e. The van der Waals surface area contributed by atoms with Gasteiger partial charge in [0.1, 0.15) is 0 Å². The molecule has 1 rings (SSSR count). The summed E-state index contributed by atoms with van der Waals surface area (Å²) in [6, 6.07) is 0. The van der Waals surface area contributed by atoms with Crippen molar-refractivity contribution < 1.29 is 15.1 Å². The molecule has 0 heterocycles. The average Bonchev–Trinajstić information content (AvgIpc) is 2.07. The fourth-order valence-corrected chi connectivity index (χ4v) is 0.591. The molecule has 0 N–H and O–H groups in total. The fourth-order valence-electron chi connectivity index (χ4n) is 0.591. The zero-order valence-electron chi connectivity index (χ0n) is 9.13. The van der Waals surface area contributed by atoms with Gasteiger partial charge in [-0.15, -0.1) is 0 Å². The number of allylic oxidation sites excluding steroid dienone is 4. The van der Waals surface area contributed by atoms with E-state index in [0.29, 0.717) is 0 Å². The maximum Gasteiger partial charge on any atom is 0.182 e. The summed E-state index contributed by atoms with van der Waals surface area (Å²) in [5, 5.41) is 0. The Hall–Kier alpha value is -1.18. The molecule has 0 atom stereocenters. The van der Waals surface area contributed by atoms with Crippen LogP contribution in [-0.4, -0.2) is 11.6 Å². The third-order valence-corrected chi connectivity index (χ3v) is 1.14. The topological polar surface area (TPSA) is 34.1 Å². The second-order valence-corrected chi connectivity index (χ2v) is 1.93. The van der Waals surface area contributed by atoms with Crippen molar-refractivity contribution in [2.75, 3.05) is 0 Å². The number of hydrogen-bond donors (Lipinski definition) is 0. The molecule has 1 aliphatic rings. The normalized spacial score (nSPS) is 25.0. The van der Waals surface area contributed by atoms with Crippen molar-refractivity contribution in [3.8, 4) is 0 Å². The molecule has 0 spiro atoms. The van der Waals surface area contributed by atoms with Crippen LogP contribution in [0.1, 0.15) is 19.2 Å². The van der Waals surface area contributed by atoms with Crippen LogP contribution < -0.4 is 0 Å². The van der Waals surface area contributed by atoms with E-state index in [4.69, 9.17) is 5.48 Å². The summed E-state index contributed by atoms with van der Waals surface area (Å²) in [5.74, 6) is -1.25. The van der Waals surface area contributed by atoms with Gasteiger partial charge in [-0.2, -0.15) is 0 Å². The van der Waals surface area contributed by atoms with Crippen LogP contribution in [0, 0.1) is 0 Å². The van der Waals surface area contributed by atoms with Crippen LogP contribution in [-0.2, 0) is 9.59 Å². The summed E-state index contributed by atoms with van der Waals surface area (Å²) >= 11 is 0. The standard InChI is InChI=1S/C8H8O2/c1-5-3-8(10)6(2)4-7(5)9/h3-4H,1-2H3/i1D2,2D2. The van der Waals surface area contributed by atoms with Crippen molar-refractivity contribution in [1.29, 1.82) is 0 Å². The van der Waals surface area contributed by atoms with Crippen LogP contribution in [0.5, 0.6) is 0 Å². The van der Waals surface area contributed by atoms with Crippen LogP contribution in [0.4, 0.5) is 0 Å². The van der Waals surface area contributed by atoms with Gasteiger partial charge in [-0.05, 0) is 25.9 Å². The van der Waals surface area contributed by atoms with Gasteiger partial charge in [0, 0.05) is 16.6 Å². The van der Waals surface area contributed by atoms with E-state index in [1.165, 1.54) is 0 Å². The van der Waals surface area contributed by atoms with Gasteiger partial charge in [-0.25, -0.2) is 0 Å². The van der Waals surface area contributed by atoms with E-state index in [1.54, 1.807) is 0 Å². The van der Waals surface area contributed by atoms with Crippen LogP contribution in [0.3, 0.4) is 0 Å². The highest BCUT2D eigenvalue weighted by atomic mass is 16.1. The lowest BCUT2D eigenvalue weighted by Gasteiger charge is -2.03. The van der Waals surface area contributed by atoms with Crippen LogP contribution in [0.25, 0.3) is 0 Å². The molecular formula is C8H8O2. The molecule has 0 fully saturated rings. The van der Waals surface area contributed by atoms with Gasteiger partial charge in [0.2, 0.25) is 0 Å². The molecular weight excluding hydrogens is 128 g/mol. The summed E-state index contributed by atoms with van der Waals surface area (Å²) in [6.45, 7) is -3.00. The molecule has 52 valence electrons. The van der Waals surface area contributed by atoms with Gasteiger partial charge in [-0.3, -0.25) is 9.59 Å². The Morgan fingerprint density at radius 3 is 1.80 bits per heavy atom. The predicted molar refractivity (Wildman–Crippen MR) is 37.5 cm³/mol. The van der Waals surface area contributed by atoms with Gasteiger partial charge >= 0.3 is 0 Å². The zero-order chi connectivity index (χ0) is 10.9. The molecule has 0 radical (unpaired) electrons. The zero-order valence-corrected chi connectivity index (χ0v) is 5.13. The summed E-state index contributed by atoms with van der Waals surface area (Å²) in [6.07, 6.45) is 1.75. The first-order chi connectivity index (χ1) is 6.43. The average molecular weight is 140 g/mol. The Labute approximate surface area is 64.9 Å². The lowest BCUT2D eigenvalue weighted by Crippen LogP contribution is -2.08. The molecule has 2 nitrogen and oxygen atoms in total. The Bertz CT molecular complexity index is 307. The summed E-state index contributed by atoms with van der Waals surface area (Å²) < 4.78 is 27.9. The molecule has 0 aromatic rings. The minimum absolute atomic E-state index is 0.209. The summed E-state index contributed by atoms with van der Waals surface area (Å²) in [7, 11) is 0. The van der Waals surface area contributed by atoms with Gasteiger partial charge in [0.15, 0.2) is 11.6 Å². The highest BCUT2D eigenvalue weighted by Gasteiger charge is 2.12. The number of hydrogen-bond acceptors (Lipinski definition) is 2. The first kappa shape index (κ1) is 3.28. The highest BCUT2D eigenvalue weighted by molar-refractivity contribution is 6.19. The maximum absolute atomic E-state index is 11.2. The molecule has 0 amide bonds. The monoisotopic (exact) mass is 140 g/mol. The molecule has 10 heavy (non-hydrogen) atoms. The van der Waals surface area contributed by atoms with Crippen LogP contribution in [0.15, 0.2) is 23.3 Å². The van der Waals surface area contributed by atoms with Gasteiger partial charge in [0.25, 0.3) is 0 Å². The van der Waals surface area contributed by atoms with Crippen molar-refractivity contribution in [3.05, 3.63) is 23.3 Å². The Morgan fingerprint density at radius 2 is 1.50 bits per heavy atom.